The molecule has 0 aromatic carbocycles. The molecular formula is C5H7F4N. The van der Waals surface area contributed by atoms with Gasteiger partial charge in [-0.15, -0.1) is 0 Å². The lowest BCUT2D eigenvalue weighted by atomic mass is 10.6. The molecule has 0 aliphatic heterocycles. The van der Waals surface area contributed by atoms with Crippen LogP contribution in [-0.4, -0.2) is 18.2 Å². The Bertz CT molecular complexity index is 137. The van der Waals surface area contributed by atoms with Gasteiger partial charge in [0.25, 0.3) is 0 Å². The number of nitrogens with zero attached hydrogens (tertiary/aromatic N) is 1. The van der Waals surface area contributed by atoms with Crippen LogP contribution in [0.2, 0.25) is 0 Å². The van der Waals surface area contributed by atoms with Crippen LogP contribution in [0.3, 0.4) is 0 Å². The molecule has 0 rings (SSSR count). The van der Waals surface area contributed by atoms with E-state index in [0.29, 0.717) is 7.05 Å². The molecule has 0 unspecified atom stereocenters. The Balaban J connectivity index is 4.23. The van der Waals surface area contributed by atoms with Gasteiger partial charge in [-0.25, -0.2) is 0 Å². The van der Waals surface area contributed by atoms with Crippen molar-refractivity contribution in [1.82, 2.24) is 4.90 Å². The monoisotopic (exact) mass is 157 g/mol. The summed E-state index contributed by atoms with van der Waals surface area (Å²) >= 11 is 0. The van der Waals surface area contributed by atoms with Crippen LogP contribution in [-0.2, 0) is 0 Å². The highest BCUT2D eigenvalue weighted by Gasteiger charge is 2.35. The summed E-state index contributed by atoms with van der Waals surface area (Å²) in [7, 11) is 0.620. The molecule has 60 valence electrons. The molecule has 0 radical (unpaired) electrons. The van der Waals surface area contributed by atoms with Crippen molar-refractivity contribution in [3.63, 3.8) is 0 Å². The maximum absolute atomic E-state index is 12.1. The highest BCUT2D eigenvalue weighted by atomic mass is 19.4. The van der Waals surface area contributed by atoms with E-state index in [1.165, 1.54) is 6.92 Å². The van der Waals surface area contributed by atoms with Crippen LogP contribution in [0.5, 0.6) is 0 Å². The van der Waals surface area contributed by atoms with Crippen molar-refractivity contribution in [3.8, 4) is 0 Å². The summed E-state index contributed by atoms with van der Waals surface area (Å²) < 4.78 is 46.7. The van der Waals surface area contributed by atoms with E-state index in [4.69, 9.17) is 0 Å². The summed E-state index contributed by atoms with van der Waals surface area (Å²) in [6.07, 6.45) is -3.88. The number of halogens is 4. The lowest BCUT2D eigenvalue weighted by molar-refractivity contribution is -0.229. The number of allylic oxidation sites excluding steroid dienone is 1. The minimum atomic E-state index is -4.63. The van der Waals surface area contributed by atoms with E-state index < -0.39 is 17.2 Å². The Kier molecular flexibility index (Phi) is 2.68. The van der Waals surface area contributed by atoms with Crippen molar-refractivity contribution in [2.75, 3.05) is 7.05 Å². The molecule has 1 nitrogen and oxygen atoms in total. The molecule has 0 fully saturated rings. The van der Waals surface area contributed by atoms with Gasteiger partial charge < -0.3 is 0 Å². The largest absolute Gasteiger partial charge is 0.486 e. The van der Waals surface area contributed by atoms with E-state index in [-0.39, 0.29) is 0 Å². The zero-order chi connectivity index (χ0) is 8.36. The van der Waals surface area contributed by atoms with Gasteiger partial charge in [-0.05, 0) is 13.0 Å². The molecule has 0 atom stereocenters. The number of hydrogen-bond acceptors (Lipinski definition) is 1. The standard InChI is InChI=1S/C5H7F4N/c1-3-4(6)10(2)5(7,8)9/h3H,1-2H3/b4-3+. The van der Waals surface area contributed by atoms with Gasteiger partial charge in [0.05, 0.1) is 0 Å². The minimum absolute atomic E-state index is 0.396. The molecule has 0 bridgehead atoms. The third-order valence-electron chi connectivity index (χ3n) is 0.939. The quantitative estimate of drug-likeness (QED) is 0.417. The first-order valence-corrected chi connectivity index (χ1v) is 2.52. The fourth-order valence-corrected chi connectivity index (χ4v) is 0.315. The Morgan fingerprint density at radius 2 is 1.80 bits per heavy atom. The van der Waals surface area contributed by atoms with Gasteiger partial charge >= 0.3 is 6.30 Å². The van der Waals surface area contributed by atoms with Crippen LogP contribution in [0.15, 0.2) is 12.0 Å². The zero-order valence-corrected chi connectivity index (χ0v) is 5.54. The van der Waals surface area contributed by atoms with E-state index in [1.54, 1.807) is 0 Å². The zero-order valence-electron chi connectivity index (χ0n) is 5.54. The molecule has 0 aliphatic rings. The summed E-state index contributed by atoms with van der Waals surface area (Å²) in [6.45, 7) is 1.19. The smallest absolute Gasteiger partial charge is 0.263 e. The molecule has 0 saturated heterocycles. The van der Waals surface area contributed by atoms with Crippen LogP contribution in [0.4, 0.5) is 17.6 Å². The predicted molar refractivity (Wildman–Crippen MR) is 28.7 cm³/mol. The summed E-state index contributed by atoms with van der Waals surface area (Å²) in [6, 6.07) is 0. The fraction of sp³-hybridized carbons (Fsp3) is 0.600. The van der Waals surface area contributed by atoms with Gasteiger partial charge in [0, 0.05) is 7.05 Å². The topological polar surface area (TPSA) is 3.24 Å². The summed E-state index contributed by atoms with van der Waals surface area (Å²) in [5.41, 5.74) is 0. The van der Waals surface area contributed by atoms with Gasteiger partial charge in [0.15, 0.2) is 5.95 Å². The molecule has 0 aromatic heterocycles. The second-order valence-corrected chi connectivity index (χ2v) is 1.64. The van der Waals surface area contributed by atoms with Gasteiger partial charge in [-0.1, -0.05) is 0 Å². The summed E-state index contributed by atoms with van der Waals surface area (Å²) in [5.74, 6) is -1.30. The van der Waals surface area contributed by atoms with E-state index >= 15 is 0 Å². The summed E-state index contributed by atoms with van der Waals surface area (Å²) in [5, 5.41) is 0. The van der Waals surface area contributed by atoms with Crippen LogP contribution in [0.25, 0.3) is 0 Å². The van der Waals surface area contributed by atoms with E-state index in [9.17, 15) is 17.6 Å². The lowest BCUT2D eigenvalue weighted by Crippen LogP contribution is -2.31. The number of hydrogen-bond donors (Lipinski definition) is 0. The van der Waals surface area contributed by atoms with Crippen molar-refractivity contribution >= 4 is 0 Å². The first kappa shape index (κ1) is 9.26. The van der Waals surface area contributed by atoms with Crippen molar-refractivity contribution in [1.29, 1.82) is 0 Å². The maximum atomic E-state index is 12.1. The van der Waals surface area contributed by atoms with E-state index in [1.807, 2.05) is 0 Å². The van der Waals surface area contributed by atoms with E-state index in [2.05, 4.69) is 0 Å². The van der Waals surface area contributed by atoms with Crippen molar-refractivity contribution < 1.29 is 17.6 Å². The van der Waals surface area contributed by atoms with Gasteiger partial charge in [0.2, 0.25) is 0 Å². The number of rotatable bonds is 1. The number of alkyl halides is 3. The Morgan fingerprint density at radius 3 is 1.90 bits per heavy atom. The first-order valence-electron chi connectivity index (χ1n) is 2.52. The second-order valence-electron chi connectivity index (χ2n) is 1.64. The highest BCUT2D eigenvalue weighted by molar-refractivity contribution is 4.87. The third-order valence-corrected chi connectivity index (χ3v) is 0.939. The molecule has 0 amide bonds. The summed E-state index contributed by atoms with van der Waals surface area (Å²) in [4.78, 5) is -0.396. The molecular weight excluding hydrogens is 150 g/mol. The molecule has 10 heavy (non-hydrogen) atoms. The SMILES string of the molecule is C/C=C(\F)N(C)C(F)(F)F. The van der Waals surface area contributed by atoms with Gasteiger partial charge in [-0.2, -0.15) is 17.6 Å². The molecule has 0 heterocycles. The third kappa shape index (κ3) is 2.24. The molecule has 0 aromatic rings. The van der Waals surface area contributed by atoms with Crippen molar-refractivity contribution in [2.24, 2.45) is 0 Å². The Morgan fingerprint density at radius 1 is 1.40 bits per heavy atom. The van der Waals surface area contributed by atoms with Gasteiger partial charge in [0.1, 0.15) is 0 Å². The van der Waals surface area contributed by atoms with Crippen LogP contribution >= 0.6 is 0 Å². The average Bonchev–Trinajstić information content (AvgIpc) is 1.83. The molecule has 0 aliphatic carbocycles. The van der Waals surface area contributed by atoms with Crippen molar-refractivity contribution in [2.45, 2.75) is 13.2 Å². The van der Waals surface area contributed by atoms with Gasteiger partial charge in [-0.3, -0.25) is 4.90 Å². The lowest BCUT2D eigenvalue weighted by Gasteiger charge is -2.18. The predicted octanol–water partition coefficient (Wildman–Crippen LogP) is 2.27. The normalized spacial score (nSPS) is 13.6. The van der Waals surface area contributed by atoms with Crippen LogP contribution in [0, 0.1) is 0 Å². The average molecular weight is 157 g/mol. The van der Waals surface area contributed by atoms with Crippen LogP contribution in [0.1, 0.15) is 6.92 Å². The van der Waals surface area contributed by atoms with Crippen molar-refractivity contribution in [3.05, 3.63) is 12.0 Å². The highest BCUT2D eigenvalue weighted by Crippen LogP contribution is 2.23. The minimum Gasteiger partial charge on any atom is -0.263 e. The fourth-order valence-electron chi connectivity index (χ4n) is 0.315. The second kappa shape index (κ2) is 2.90. The van der Waals surface area contributed by atoms with Crippen LogP contribution < -0.4 is 0 Å². The Hall–Kier alpha value is -0.740. The molecule has 0 saturated carbocycles. The molecule has 5 heteroatoms. The Labute approximate surface area is 55.9 Å². The molecule has 0 spiro atoms. The maximum Gasteiger partial charge on any atom is 0.486 e. The first-order chi connectivity index (χ1) is 4.39. The van der Waals surface area contributed by atoms with E-state index in [0.717, 1.165) is 6.08 Å². The molecule has 0 N–H and O–H groups in total.